The Morgan fingerprint density at radius 2 is 2.06 bits per heavy atom. The van der Waals surface area contributed by atoms with Gasteiger partial charge in [-0.3, -0.25) is 9.69 Å². The van der Waals surface area contributed by atoms with E-state index in [1.807, 2.05) is 4.90 Å². The minimum atomic E-state index is -4.33. The van der Waals surface area contributed by atoms with Crippen LogP contribution in [0.25, 0.3) is 0 Å². The summed E-state index contributed by atoms with van der Waals surface area (Å²) < 4.78 is 36.8. The van der Waals surface area contributed by atoms with Gasteiger partial charge in [-0.1, -0.05) is 0 Å². The Morgan fingerprint density at radius 3 is 2.67 bits per heavy atom. The third-order valence-corrected chi connectivity index (χ3v) is 2.90. The average Bonchev–Trinajstić information content (AvgIpc) is 2.53. The van der Waals surface area contributed by atoms with E-state index in [1.54, 1.807) is 6.92 Å². The fraction of sp³-hybridized carbons (Fsp3) is 0.909. The van der Waals surface area contributed by atoms with E-state index in [0.717, 1.165) is 31.0 Å². The first-order valence-electron chi connectivity index (χ1n) is 6.20. The van der Waals surface area contributed by atoms with Crippen molar-refractivity contribution in [1.82, 2.24) is 15.1 Å². The van der Waals surface area contributed by atoms with Crippen molar-refractivity contribution in [2.45, 2.75) is 19.5 Å². The van der Waals surface area contributed by atoms with Crippen LogP contribution < -0.4 is 5.32 Å². The Bertz CT molecular complexity index is 263. The summed E-state index contributed by atoms with van der Waals surface area (Å²) in [6.45, 7) is 3.69. The van der Waals surface area contributed by atoms with Crippen molar-refractivity contribution in [1.29, 1.82) is 0 Å². The molecule has 0 aromatic heterocycles. The molecule has 0 aromatic carbocycles. The lowest BCUT2D eigenvalue weighted by Crippen LogP contribution is -2.45. The Kier molecular flexibility index (Phi) is 5.87. The van der Waals surface area contributed by atoms with Crippen LogP contribution in [0.5, 0.6) is 0 Å². The summed E-state index contributed by atoms with van der Waals surface area (Å²) in [5.41, 5.74) is 0. The standard InChI is InChI=1S/C11H20F3N3O/c1-2-17(9-11(12,13)14)10(18)8-16-6-3-4-15-5-7-16/h15H,2-9H2,1H3. The molecular formula is C11H20F3N3O. The summed E-state index contributed by atoms with van der Waals surface area (Å²) in [6.07, 6.45) is -3.41. The number of alkyl halides is 3. The fourth-order valence-corrected chi connectivity index (χ4v) is 1.94. The SMILES string of the molecule is CCN(CC(F)(F)F)C(=O)CN1CCCNCC1. The molecule has 106 valence electrons. The number of nitrogens with zero attached hydrogens (tertiary/aromatic N) is 2. The molecule has 1 amide bonds. The van der Waals surface area contributed by atoms with Crippen LogP contribution in [0.1, 0.15) is 13.3 Å². The molecule has 1 aliphatic rings. The van der Waals surface area contributed by atoms with Crippen LogP contribution in [0.3, 0.4) is 0 Å². The van der Waals surface area contributed by atoms with Gasteiger partial charge in [0.25, 0.3) is 0 Å². The number of amides is 1. The van der Waals surface area contributed by atoms with Crippen molar-refractivity contribution >= 4 is 5.91 Å². The summed E-state index contributed by atoms with van der Waals surface area (Å²) >= 11 is 0. The van der Waals surface area contributed by atoms with E-state index >= 15 is 0 Å². The van der Waals surface area contributed by atoms with Crippen molar-refractivity contribution in [3.05, 3.63) is 0 Å². The van der Waals surface area contributed by atoms with E-state index < -0.39 is 18.6 Å². The van der Waals surface area contributed by atoms with Gasteiger partial charge in [0.1, 0.15) is 6.54 Å². The molecule has 0 aliphatic carbocycles. The van der Waals surface area contributed by atoms with E-state index in [1.165, 1.54) is 0 Å². The van der Waals surface area contributed by atoms with Gasteiger partial charge in [-0.15, -0.1) is 0 Å². The van der Waals surface area contributed by atoms with Crippen molar-refractivity contribution in [2.24, 2.45) is 0 Å². The third kappa shape index (κ3) is 5.68. The second-order valence-corrected chi connectivity index (χ2v) is 4.40. The predicted molar refractivity (Wildman–Crippen MR) is 62.2 cm³/mol. The van der Waals surface area contributed by atoms with Crippen molar-refractivity contribution in [3.63, 3.8) is 0 Å². The second-order valence-electron chi connectivity index (χ2n) is 4.40. The van der Waals surface area contributed by atoms with Gasteiger partial charge in [-0.25, -0.2) is 0 Å². The van der Waals surface area contributed by atoms with Crippen LogP contribution in [0.15, 0.2) is 0 Å². The molecule has 0 bridgehead atoms. The summed E-state index contributed by atoms with van der Waals surface area (Å²) in [4.78, 5) is 14.6. The van der Waals surface area contributed by atoms with Crippen LogP contribution in [0.2, 0.25) is 0 Å². The molecule has 1 saturated heterocycles. The monoisotopic (exact) mass is 267 g/mol. The van der Waals surface area contributed by atoms with Crippen molar-refractivity contribution < 1.29 is 18.0 Å². The lowest BCUT2D eigenvalue weighted by Gasteiger charge is -2.26. The molecule has 18 heavy (non-hydrogen) atoms. The number of hydrogen-bond donors (Lipinski definition) is 1. The van der Waals surface area contributed by atoms with Gasteiger partial charge < -0.3 is 10.2 Å². The largest absolute Gasteiger partial charge is 0.406 e. The zero-order chi connectivity index (χ0) is 13.6. The molecule has 0 unspecified atom stereocenters. The van der Waals surface area contributed by atoms with Crippen LogP contribution in [-0.2, 0) is 4.79 Å². The van der Waals surface area contributed by atoms with Crippen LogP contribution >= 0.6 is 0 Å². The number of nitrogens with one attached hydrogen (secondary N) is 1. The minimum absolute atomic E-state index is 0.0750. The smallest absolute Gasteiger partial charge is 0.333 e. The first kappa shape index (κ1) is 15.2. The van der Waals surface area contributed by atoms with E-state index in [9.17, 15) is 18.0 Å². The summed E-state index contributed by atoms with van der Waals surface area (Å²) in [7, 11) is 0. The van der Waals surface area contributed by atoms with Gasteiger partial charge in [0, 0.05) is 19.6 Å². The van der Waals surface area contributed by atoms with Crippen LogP contribution in [0, 0.1) is 0 Å². The number of carbonyl (C=O) groups excluding carboxylic acids is 1. The Morgan fingerprint density at radius 1 is 1.33 bits per heavy atom. The van der Waals surface area contributed by atoms with Gasteiger partial charge in [-0.2, -0.15) is 13.2 Å². The number of carbonyl (C=O) groups is 1. The second kappa shape index (κ2) is 6.94. The van der Waals surface area contributed by atoms with Gasteiger partial charge in [0.05, 0.1) is 6.54 Å². The van der Waals surface area contributed by atoms with Crippen molar-refractivity contribution in [3.8, 4) is 0 Å². The zero-order valence-corrected chi connectivity index (χ0v) is 10.6. The Hall–Kier alpha value is -0.820. The maximum atomic E-state index is 12.3. The zero-order valence-electron chi connectivity index (χ0n) is 10.6. The lowest BCUT2D eigenvalue weighted by molar-refractivity contribution is -0.161. The summed E-state index contributed by atoms with van der Waals surface area (Å²) in [6, 6.07) is 0. The van der Waals surface area contributed by atoms with Crippen LogP contribution in [-0.4, -0.2) is 67.7 Å². The highest BCUT2D eigenvalue weighted by atomic mass is 19.4. The highest BCUT2D eigenvalue weighted by Crippen LogP contribution is 2.16. The number of likely N-dealkylation sites (N-methyl/N-ethyl adjacent to an activating group) is 1. The Labute approximate surface area is 105 Å². The van der Waals surface area contributed by atoms with Crippen LogP contribution in [0.4, 0.5) is 13.2 Å². The van der Waals surface area contributed by atoms with Crippen molar-refractivity contribution in [2.75, 3.05) is 45.8 Å². The van der Waals surface area contributed by atoms with E-state index in [4.69, 9.17) is 0 Å². The van der Waals surface area contributed by atoms with E-state index in [2.05, 4.69) is 5.32 Å². The lowest BCUT2D eigenvalue weighted by atomic mass is 10.3. The molecule has 0 saturated carbocycles. The maximum Gasteiger partial charge on any atom is 0.406 e. The molecule has 0 spiro atoms. The molecule has 1 aliphatic heterocycles. The number of rotatable bonds is 4. The quantitative estimate of drug-likeness (QED) is 0.814. The molecule has 1 rings (SSSR count). The molecule has 1 heterocycles. The fourth-order valence-electron chi connectivity index (χ4n) is 1.94. The van der Waals surface area contributed by atoms with Gasteiger partial charge >= 0.3 is 6.18 Å². The van der Waals surface area contributed by atoms with E-state index in [0.29, 0.717) is 6.54 Å². The number of hydrogen-bond acceptors (Lipinski definition) is 3. The summed E-state index contributed by atoms with van der Waals surface area (Å²) in [5.74, 6) is -0.447. The molecular weight excluding hydrogens is 247 g/mol. The number of halogens is 3. The average molecular weight is 267 g/mol. The first-order valence-corrected chi connectivity index (χ1v) is 6.20. The highest BCUT2D eigenvalue weighted by Gasteiger charge is 2.32. The summed E-state index contributed by atoms with van der Waals surface area (Å²) in [5, 5.41) is 3.19. The topological polar surface area (TPSA) is 35.6 Å². The molecule has 1 N–H and O–H groups in total. The van der Waals surface area contributed by atoms with E-state index in [-0.39, 0.29) is 13.1 Å². The molecule has 0 aromatic rings. The molecule has 1 fully saturated rings. The third-order valence-electron chi connectivity index (χ3n) is 2.90. The molecule has 0 atom stereocenters. The molecule has 7 heteroatoms. The minimum Gasteiger partial charge on any atom is -0.333 e. The highest BCUT2D eigenvalue weighted by molar-refractivity contribution is 5.78. The normalized spacial score (nSPS) is 18.4. The predicted octanol–water partition coefficient (Wildman–Crippen LogP) is 0.693. The van der Waals surface area contributed by atoms with Gasteiger partial charge in [0.2, 0.25) is 5.91 Å². The maximum absolute atomic E-state index is 12.3. The Balaban J connectivity index is 2.45. The van der Waals surface area contributed by atoms with Gasteiger partial charge in [0.15, 0.2) is 0 Å². The molecule has 4 nitrogen and oxygen atoms in total. The first-order chi connectivity index (χ1) is 8.42. The molecule has 0 radical (unpaired) electrons. The van der Waals surface area contributed by atoms with Gasteiger partial charge in [-0.05, 0) is 26.4 Å².